The lowest BCUT2D eigenvalue weighted by molar-refractivity contribution is -0.0991. The highest BCUT2D eigenvalue weighted by molar-refractivity contribution is 5.04. The van der Waals surface area contributed by atoms with Gasteiger partial charge in [0.05, 0.1) is 12.2 Å². The van der Waals surface area contributed by atoms with Gasteiger partial charge >= 0.3 is 0 Å². The van der Waals surface area contributed by atoms with Gasteiger partial charge in [-0.15, -0.1) is 0 Å². The summed E-state index contributed by atoms with van der Waals surface area (Å²) in [6, 6.07) is -0.305. The van der Waals surface area contributed by atoms with Gasteiger partial charge in [-0.1, -0.05) is 48.0 Å². The van der Waals surface area contributed by atoms with E-state index in [1.807, 2.05) is 0 Å². The molecule has 2 aliphatic rings. The van der Waals surface area contributed by atoms with Gasteiger partial charge in [-0.05, 0) is 53.8 Å². The molecule has 4 nitrogen and oxygen atoms in total. The maximum Gasteiger partial charge on any atom is 0.0719 e. The fourth-order valence-electron chi connectivity index (χ4n) is 5.97. The fraction of sp³-hybridized carbons (Fsp3) is 1.00. The van der Waals surface area contributed by atoms with Gasteiger partial charge in [-0.2, -0.15) is 0 Å². The van der Waals surface area contributed by atoms with Crippen LogP contribution in [0.4, 0.5) is 0 Å². The Morgan fingerprint density at radius 2 is 1.17 bits per heavy atom. The second-order valence-electron chi connectivity index (χ2n) is 9.35. The first-order valence-electron chi connectivity index (χ1n) is 9.93. The molecule has 0 aliphatic heterocycles. The lowest BCUT2D eigenvalue weighted by Crippen LogP contribution is -2.59. The molecule has 0 aromatic carbocycles. The molecule has 0 heterocycles. The second kappa shape index (κ2) is 7.22. The van der Waals surface area contributed by atoms with Crippen LogP contribution in [0, 0.1) is 40.9 Å². The Hall–Kier alpha value is -0.160. The number of hydrogen-bond acceptors (Lipinski definition) is 4. The van der Waals surface area contributed by atoms with Crippen LogP contribution in [0.15, 0.2) is 0 Å². The van der Waals surface area contributed by atoms with Crippen molar-refractivity contribution < 1.29 is 10.2 Å². The summed E-state index contributed by atoms with van der Waals surface area (Å²) in [5, 5.41) is 20.8. The highest BCUT2D eigenvalue weighted by Crippen LogP contribution is 2.55. The van der Waals surface area contributed by atoms with Crippen molar-refractivity contribution in [1.29, 1.82) is 0 Å². The number of aliphatic hydroxyl groups is 2. The summed E-state index contributed by atoms with van der Waals surface area (Å²) < 4.78 is 0. The number of nitrogens with two attached hydrogens (primary N) is 2. The Balaban J connectivity index is 2.33. The van der Waals surface area contributed by atoms with Crippen molar-refractivity contribution >= 4 is 0 Å². The standard InChI is InChI=1S/C20H40N2O2/c1-7-20(6,14-8-10(2)18(23)16(21)12(14)4)15-9-11(3)19(24)17(22)13(15)5/h10-19,23-24H,7-9,21-22H2,1-6H3. The maximum absolute atomic E-state index is 10.4. The molecule has 142 valence electrons. The average molecular weight is 341 g/mol. The molecule has 0 amide bonds. The third-order valence-corrected chi connectivity index (χ3v) is 8.15. The first-order valence-corrected chi connectivity index (χ1v) is 9.93. The van der Waals surface area contributed by atoms with Crippen molar-refractivity contribution in [1.82, 2.24) is 0 Å². The van der Waals surface area contributed by atoms with Crippen LogP contribution in [0.25, 0.3) is 0 Å². The molecule has 2 aliphatic carbocycles. The lowest BCUT2D eigenvalue weighted by Gasteiger charge is -2.56. The van der Waals surface area contributed by atoms with Gasteiger partial charge in [0.15, 0.2) is 0 Å². The normalized spacial score (nSPS) is 52.8. The molecule has 4 heteroatoms. The van der Waals surface area contributed by atoms with Gasteiger partial charge in [-0.25, -0.2) is 0 Å². The summed E-state index contributed by atoms with van der Waals surface area (Å²) in [5.41, 5.74) is 12.9. The van der Waals surface area contributed by atoms with E-state index in [1.165, 1.54) is 0 Å². The molecule has 0 aromatic rings. The Morgan fingerprint density at radius 1 is 0.833 bits per heavy atom. The highest BCUT2D eigenvalue weighted by Gasteiger charge is 2.53. The summed E-state index contributed by atoms with van der Waals surface area (Å²) in [6.07, 6.45) is 2.33. The van der Waals surface area contributed by atoms with Crippen molar-refractivity contribution in [2.45, 2.75) is 85.1 Å². The Labute approximate surface area is 148 Å². The van der Waals surface area contributed by atoms with Gasteiger partial charge in [0, 0.05) is 12.1 Å². The quantitative estimate of drug-likeness (QED) is 0.634. The van der Waals surface area contributed by atoms with Crippen molar-refractivity contribution in [2.75, 3.05) is 0 Å². The molecule has 24 heavy (non-hydrogen) atoms. The van der Waals surface area contributed by atoms with E-state index < -0.39 is 12.2 Å². The van der Waals surface area contributed by atoms with Gasteiger partial charge in [0.1, 0.15) is 0 Å². The minimum Gasteiger partial charge on any atom is -0.391 e. The molecule has 2 fully saturated rings. The summed E-state index contributed by atoms with van der Waals surface area (Å²) in [5.74, 6) is 2.04. The summed E-state index contributed by atoms with van der Waals surface area (Å²) >= 11 is 0. The van der Waals surface area contributed by atoms with Gasteiger partial charge in [0.25, 0.3) is 0 Å². The minimum atomic E-state index is -0.399. The zero-order valence-corrected chi connectivity index (χ0v) is 16.4. The van der Waals surface area contributed by atoms with Crippen LogP contribution in [-0.2, 0) is 0 Å². The average Bonchev–Trinajstić information content (AvgIpc) is 2.56. The molecule has 10 unspecified atom stereocenters. The van der Waals surface area contributed by atoms with Crippen molar-refractivity contribution in [3.8, 4) is 0 Å². The Kier molecular flexibility index (Phi) is 6.06. The molecule has 0 aromatic heterocycles. The van der Waals surface area contributed by atoms with Crippen LogP contribution in [0.5, 0.6) is 0 Å². The molecule has 10 atom stereocenters. The van der Waals surface area contributed by atoms with Crippen molar-refractivity contribution in [2.24, 2.45) is 52.4 Å². The van der Waals surface area contributed by atoms with Crippen molar-refractivity contribution in [3.63, 3.8) is 0 Å². The van der Waals surface area contributed by atoms with E-state index >= 15 is 0 Å². The Bertz CT molecular complexity index is 396. The molecule has 0 radical (unpaired) electrons. The summed E-state index contributed by atoms with van der Waals surface area (Å²) in [7, 11) is 0. The molecule has 6 N–H and O–H groups in total. The largest absolute Gasteiger partial charge is 0.391 e. The third kappa shape index (κ3) is 3.15. The van der Waals surface area contributed by atoms with Gasteiger partial charge < -0.3 is 21.7 Å². The van der Waals surface area contributed by atoms with E-state index in [2.05, 4.69) is 41.5 Å². The zero-order valence-electron chi connectivity index (χ0n) is 16.4. The maximum atomic E-state index is 10.4. The van der Waals surface area contributed by atoms with Crippen LogP contribution in [0.2, 0.25) is 0 Å². The van der Waals surface area contributed by atoms with Gasteiger partial charge in [-0.3, -0.25) is 0 Å². The molecule has 0 spiro atoms. The smallest absolute Gasteiger partial charge is 0.0719 e. The third-order valence-electron chi connectivity index (χ3n) is 8.15. The lowest BCUT2D eigenvalue weighted by atomic mass is 9.50. The molecule has 0 bridgehead atoms. The monoisotopic (exact) mass is 340 g/mol. The van der Waals surface area contributed by atoms with E-state index in [1.54, 1.807) is 0 Å². The van der Waals surface area contributed by atoms with Crippen LogP contribution in [0.3, 0.4) is 0 Å². The van der Waals surface area contributed by atoms with Crippen LogP contribution < -0.4 is 11.5 Å². The second-order valence-corrected chi connectivity index (χ2v) is 9.35. The molecular weight excluding hydrogens is 300 g/mol. The van der Waals surface area contributed by atoms with E-state index in [9.17, 15) is 10.2 Å². The molecular formula is C20H40N2O2. The van der Waals surface area contributed by atoms with E-state index in [4.69, 9.17) is 11.5 Å². The Morgan fingerprint density at radius 3 is 1.46 bits per heavy atom. The van der Waals surface area contributed by atoms with E-state index in [-0.39, 0.29) is 29.3 Å². The molecule has 2 saturated carbocycles. The zero-order chi connectivity index (χ0) is 18.4. The van der Waals surface area contributed by atoms with Crippen LogP contribution in [0.1, 0.15) is 60.8 Å². The summed E-state index contributed by atoms with van der Waals surface area (Å²) in [4.78, 5) is 0. The van der Waals surface area contributed by atoms with Crippen molar-refractivity contribution in [3.05, 3.63) is 0 Å². The minimum absolute atomic E-state index is 0.136. The summed E-state index contributed by atoms with van der Waals surface area (Å²) in [6.45, 7) is 13.4. The topological polar surface area (TPSA) is 92.5 Å². The van der Waals surface area contributed by atoms with E-state index in [0.29, 0.717) is 23.7 Å². The first kappa shape index (κ1) is 20.2. The predicted octanol–water partition coefficient (Wildman–Crippen LogP) is 2.36. The number of aliphatic hydroxyl groups excluding tert-OH is 2. The first-order chi connectivity index (χ1) is 11.1. The molecule has 2 rings (SSSR count). The number of hydrogen-bond donors (Lipinski definition) is 4. The predicted molar refractivity (Wildman–Crippen MR) is 99.2 cm³/mol. The van der Waals surface area contributed by atoms with E-state index in [0.717, 1.165) is 19.3 Å². The van der Waals surface area contributed by atoms with Gasteiger partial charge in [0.2, 0.25) is 0 Å². The van der Waals surface area contributed by atoms with Crippen LogP contribution in [-0.4, -0.2) is 34.5 Å². The SMILES string of the molecule is CCC(C)(C1CC(C)C(O)C(N)C1C)C1CC(C)C(O)C(N)C1C. The van der Waals surface area contributed by atoms with Crippen LogP contribution >= 0.6 is 0 Å². The fourth-order valence-corrected chi connectivity index (χ4v) is 5.97. The highest BCUT2D eigenvalue weighted by atomic mass is 16.3. The number of rotatable bonds is 3. The molecule has 0 saturated heterocycles.